The Balaban J connectivity index is 2.05. The van der Waals surface area contributed by atoms with Crippen LogP contribution in [0.4, 0.5) is 0 Å². The van der Waals surface area contributed by atoms with Crippen LogP contribution in [0.25, 0.3) is 22.5 Å². The predicted molar refractivity (Wildman–Crippen MR) is 79.5 cm³/mol. The maximum absolute atomic E-state index is 5.28. The fraction of sp³-hybridized carbons (Fsp3) is 0.286. The van der Waals surface area contributed by atoms with Gasteiger partial charge in [-0.1, -0.05) is 5.16 Å². The highest BCUT2D eigenvalue weighted by Crippen LogP contribution is 2.22. The average molecular weight is 286 g/mol. The molecule has 3 aromatic rings. The summed E-state index contributed by atoms with van der Waals surface area (Å²) in [7, 11) is 0. The van der Waals surface area contributed by atoms with E-state index in [-0.39, 0.29) is 0 Å². The highest BCUT2D eigenvalue weighted by Gasteiger charge is 2.10. The van der Waals surface area contributed by atoms with Crippen LogP contribution < -0.4 is 0 Å². The van der Waals surface area contributed by atoms with E-state index < -0.39 is 0 Å². The number of thioether (sulfide) groups is 1. The van der Waals surface area contributed by atoms with Gasteiger partial charge >= 0.3 is 0 Å². The van der Waals surface area contributed by atoms with Crippen molar-refractivity contribution in [2.75, 3.05) is 6.26 Å². The van der Waals surface area contributed by atoms with Gasteiger partial charge in [0.2, 0.25) is 0 Å². The van der Waals surface area contributed by atoms with Crippen molar-refractivity contribution in [2.45, 2.75) is 19.6 Å². The molecular weight excluding hydrogens is 272 g/mol. The molecule has 20 heavy (non-hydrogen) atoms. The summed E-state index contributed by atoms with van der Waals surface area (Å²) >= 11 is 1.66. The van der Waals surface area contributed by atoms with Gasteiger partial charge in [0, 0.05) is 5.56 Å². The van der Waals surface area contributed by atoms with Crippen molar-refractivity contribution < 1.29 is 4.52 Å². The minimum atomic E-state index is 0.524. The van der Waals surface area contributed by atoms with E-state index in [9.17, 15) is 0 Å². The summed E-state index contributed by atoms with van der Waals surface area (Å²) in [4.78, 5) is 13.4. The second kappa shape index (κ2) is 5.20. The van der Waals surface area contributed by atoms with E-state index in [1.54, 1.807) is 11.8 Å². The lowest BCUT2D eigenvalue weighted by molar-refractivity contribution is 0.425. The zero-order valence-corrected chi connectivity index (χ0v) is 12.4. The van der Waals surface area contributed by atoms with Crippen LogP contribution in [0.1, 0.15) is 17.2 Å². The Hall–Kier alpha value is -1.95. The summed E-state index contributed by atoms with van der Waals surface area (Å²) in [6.07, 6.45) is 2.01. The van der Waals surface area contributed by atoms with Gasteiger partial charge in [0.15, 0.2) is 5.82 Å². The van der Waals surface area contributed by atoms with E-state index in [0.29, 0.717) is 11.7 Å². The highest BCUT2D eigenvalue weighted by atomic mass is 32.2. The van der Waals surface area contributed by atoms with E-state index >= 15 is 0 Å². The lowest BCUT2D eigenvalue weighted by Crippen LogP contribution is -1.93. The molecule has 2 aromatic heterocycles. The summed E-state index contributed by atoms with van der Waals surface area (Å²) in [5.74, 6) is 1.98. The third-order valence-electron chi connectivity index (χ3n) is 3.06. The number of aryl methyl sites for hydroxylation is 2. The van der Waals surface area contributed by atoms with Crippen molar-refractivity contribution in [2.24, 2.45) is 0 Å². The Labute approximate surface area is 120 Å². The van der Waals surface area contributed by atoms with Crippen LogP contribution in [0.5, 0.6) is 0 Å². The normalized spacial score (nSPS) is 11.2. The second-order valence-electron chi connectivity index (χ2n) is 4.55. The van der Waals surface area contributed by atoms with Crippen molar-refractivity contribution in [1.29, 1.82) is 0 Å². The molecule has 102 valence electrons. The first kappa shape index (κ1) is 13.1. The summed E-state index contributed by atoms with van der Waals surface area (Å²) in [6, 6.07) is 5.80. The SMILES string of the molecule is CSCc1noc(-c2ccc3nc(C)c(C)nc3c2)n1. The average Bonchev–Trinajstić information content (AvgIpc) is 2.89. The van der Waals surface area contributed by atoms with Gasteiger partial charge in [-0.25, -0.2) is 9.97 Å². The van der Waals surface area contributed by atoms with Crippen molar-refractivity contribution in [1.82, 2.24) is 20.1 Å². The number of benzene rings is 1. The molecule has 0 spiro atoms. The minimum Gasteiger partial charge on any atom is -0.334 e. The lowest BCUT2D eigenvalue weighted by Gasteiger charge is -2.03. The van der Waals surface area contributed by atoms with Gasteiger partial charge in [0.1, 0.15) is 0 Å². The molecule has 0 unspecified atom stereocenters. The first-order chi connectivity index (χ1) is 9.67. The highest BCUT2D eigenvalue weighted by molar-refractivity contribution is 7.97. The lowest BCUT2D eigenvalue weighted by atomic mass is 10.2. The van der Waals surface area contributed by atoms with Crippen LogP contribution in [0.2, 0.25) is 0 Å². The second-order valence-corrected chi connectivity index (χ2v) is 5.41. The Morgan fingerprint density at radius 2 is 1.80 bits per heavy atom. The maximum Gasteiger partial charge on any atom is 0.258 e. The van der Waals surface area contributed by atoms with Gasteiger partial charge in [-0.3, -0.25) is 0 Å². The molecule has 3 rings (SSSR count). The van der Waals surface area contributed by atoms with E-state index in [4.69, 9.17) is 4.52 Å². The molecule has 0 atom stereocenters. The Morgan fingerprint density at radius 1 is 1.05 bits per heavy atom. The number of rotatable bonds is 3. The third kappa shape index (κ3) is 2.38. The van der Waals surface area contributed by atoms with Crippen molar-refractivity contribution in [3.8, 4) is 11.5 Å². The van der Waals surface area contributed by atoms with Gasteiger partial charge in [0.25, 0.3) is 5.89 Å². The monoisotopic (exact) mass is 286 g/mol. The molecule has 0 amide bonds. The fourth-order valence-electron chi connectivity index (χ4n) is 1.92. The first-order valence-electron chi connectivity index (χ1n) is 6.24. The minimum absolute atomic E-state index is 0.524. The largest absolute Gasteiger partial charge is 0.334 e. The molecule has 2 heterocycles. The predicted octanol–water partition coefficient (Wildman–Crippen LogP) is 3.16. The number of aromatic nitrogens is 4. The van der Waals surface area contributed by atoms with Gasteiger partial charge < -0.3 is 4.52 Å². The number of nitrogens with zero attached hydrogens (tertiary/aromatic N) is 4. The summed E-state index contributed by atoms with van der Waals surface area (Å²) in [5, 5.41) is 3.95. The van der Waals surface area contributed by atoms with Gasteiger partial charge in [-0.15, -0.1) is 0 Å². The third-order valence-corrected chi connectivity index (χ3v) is 3.61. The number of hydrogen-bond donors (Lipinski definition) is 0. The zero-order valence-electron chi connectivity index (χ0n) is 11.5. The summed E-state index contributed by atoms with van der Waals surface area (Å²) in [6.45, 7) is 3.92. The van der Waals surface area contributed by atoms with Gasteiger partial charge in [-0.05, 0) is 38.3 Å². The number of fused-ring (bicyclic) bond motifs is 1. The molecule has 0 aliphatic heterocycles. The Kier molecular flexibility index (Phi) is 3.40. The maximum atomic E-state index is 5.28. The van der Waals surface area contributed by atoms with E-state index in [1.807, 2.05) is 38.3 Å². The molecule has 0 saturated heterocycles. The molecule has 5 nitrogen and oxygen atoms in total. The molecule has 1 aromatic carbocycles. The molecule has 0 N–H and O–H groups in total. The summed E-state index contributed by atoms with van der Waals surface area (Å²) in [5.41, 5.74) is 4.47. The topological polar surface area (TPSA) is 64.7 Å². The van der Waals surface area contributed by atoms with Crippen LogP contribution >= 0.6 is 11.8 Å². The Morgan fingerprint density at radius 3 is 2.55 bits per heavy atom. The molecule has 0 fully saturated rings. The van der Waals surface area contributed by atoms with Crippen LogP contribution in [-0.2, 0) is 5.75 Å². The molecule has 0 radical (unpaired) electrons. The van der Waals surface area contributed by atoms with Crippen LogP contribution in [0.3, 0.4) is 0 Å². The van der Waals surface area contributed by atoms with Crippen molar-refractivity contribution in [3.63, 3.8) is 0 Å². The smallest absolute Gasteiger partial charge is 0.258 e. The first-order valence-corrected chi connectivity index (χ1v) is 7.63. The van der Waals surface area contributed by atoms with Crippen molar-refractivity contribution in [3.05, 3.63) is 35.4 Å². The molecule has 6 heteroatoms. The van der Waals surface area contributed by atoms with Gasteiger partial charge in [-0.2, -0.15) is 16.7 Å². The van der Waals surface area contributed by atoms with Crippen molar-refractivity contribution >= 4 is 22.8 Å². The summed E-state index contributed by atoms with van der Waals surface area (Å²) < 4.78 is 5.28. The molecule has 0 saturated carbocycles. The quantitative estimate of drug-likeness (QED) is 0.737. The zero-order chi connectivity index (χ0) is 14.1. The van der Waals surface area contributed by atoms with E-state index in [1.165, 1.54) is 0 Å². The van der Waals surface area contributed by atoms with Gasteiger partial charge in [0.05, 0.1) is 28.2 Å². The van der Waals surface area contributed by atoms with E-state index in [2.05, 4.69) is 20.1 Å². The fourth-order valence-corrected chi connectivity index (χ4v) is 2.30. The van der Waals surface area contributed by atoms with Crippen LogP contribution in [-0.4, -0.2) is 26.4 Å². The molecular formula is C14H14N4OS. The standard InChI is InChI=1S/C14H14N4OS/c1-8-9(2)16-12-6-10(4-5-11(12)15-8)14-17-13(7-20-3)18-19-14/h4-6H,7H2,1-3H3. The Bertz CT molecular complexity index is 769. The van der Waals surface area contributed by atoms with Crippen LogP contribution in [0.15, 0.2) is 22.7 Å². The van der Waals surface area contributed by atoms with E-state index in [0.717, 1.165) is 33.7 Å². The molecule has 0 bridgehead atoms. The number of hydrogen-bond acceptors (Lipinski definition) is 6. The van der Waals surface area contributed by atoms with Crippen LogP contribution in [0, 0.1) is 13.8 Å². The molecule has 0 aliphatic carbocycles. The molecule has 0 aliphatic rings.